The topological polar surface area (TPSA) is 9.23 Å². The average molecular weight is 180 g/mol. The van der Waals surface area contributed by atoms with Crippen LogP contribution in [0.3, 0.4) is 0 Å². The maximum absolute atomic E-state index is 13.0. The van der Waals surface area contributed by atoms with E-state index in [0.29, 0.717) is 5.75 Å². The van der Waals surface area contributed by atoms with Crippen LogP contribution < -0.4 is 4.74 Å². The van der Waals surface area contributed by atoms with Crippen LogP contribution in [0.25, 0.3) is 0 Å². The van der Waals surface area contributed by atoms with Crippen LogP contribution in [0.15, 0.2) is 30.9 Å². The molecule has 70 valence electrons. The van der Waals surface area contributed by atoms with Gasteiger partial charge in [0.15, 0.2) is 0 Å². The highest BCUT2D eigenvalue weighted by Crippen LogP contribution is 2.22. The van der Waals surface area contributed by atoms with E-state index in [1.54, 1.807) is 6.08 Å². The molecule has 0 aromatic heterocycles. The van der Waals surface area contributed by atoms with E-state index in [-0.39, 0.29) is 11.7 Å². The molecule has 0 bridgehead atoms. The van der Waals surface area contributed by atoms with Gasteiger partial charge in [-0.2, -0.15) is 0 Å². The number of ether oxygens (including phenoxy) is 1. The van der Waals surface area contributed by atoms with Crippen molar-refractivity contribution >= 4 is 0 Å². The molecule has 0 radical (unpaired) electrons. The molecule has 1 aromatic rings. The van der Waals surface area contributed by atoms with Crippen molar-refractivity contribution in [2.75, 3.05) is 7.11 Å². The molecule has 0 spiro atoms. The third-order valence-electron chi connectivity index (χ3n) is 2.01. The molecule has 0 heterocycles. The van der Waals surface area contributed by atoms with Crippen LogP contribution in [-0.2, 0) is 0 Å². The van der Waals surface area contributed by atoms with Crippen molar-refractivity contribution in [3.05, 3.63) is 42.2 Å². The van der Waals surface area contributed by atoms with Crippen LogP contribution in [0, 0.1) is 5.82 Å². The van der Waals surface area contributed by atoms with Crippen molar-refractivity contribution in [2.45, 2.75) is 12.8 Å². The number of hydrogen-bond donors (Lipinski definition) is 0. The zero-order valence-corrected chi connectivity index (χ0v) is 7.88. The van der Waals surface area contributed by atoms with E-state index in [1.165, 1.54) is 19.2 Å². The van der Waals surface area contributed by atoms with E-state index in [0.717, 1.165) is 5.56 Å². The fourth-order valence-electron chi connectivity index (χ4n) is 1.10. The Balaban J connectivity index is 3.07. The lowest BCUT2D eigenvalue weighted by molar-refractivity contribution is 0.410. The molecule has 0 fully saturated rings. The molecule has 13 heavy (non-hydrogen) atoms. The lowest BCUT2D eigenvalue weighted by atomic mass is 10.0. The highest BCUT2D eigenvalue weighted by Gasteiger charge is 2.05. The van der Waals surface area contributed by atoms with E-state index in [4.69, 9.17) is 4.74 Å². The molecule has 1 rings (SSSR count). The average Bonchev–Trinajstić information content (AvgIpc) is 2.15. The largest absolute Gasteiger partial charge is 0.497 e. The number of rotatable bonds is 3. The van der Waals surface area contributed by atoms with Gasteiger partial charge in [-0.1, -0.05) is 13.0 Å². The van der Waals surface area contributed by atoms with Crippen LogP contribution in [0.4, 0.5) is 4.39 Å². The Kier molecular flexibility index (Phi) is 3.07. The fourth-order valence-corrected chi connectivity index (χ4v) is 1.10. The minimum absolute atomic E-state index is 0.143. The zero-order chi connectivity index (χ0) is 9.84. The monoisotopic (exact) mass is 180 g/mol. The highest BCUT2D eigenvalue weighted by molar-refractivity contribution is 5.33. The Morgan fingerprint density at radius 1 is 1.46 bits per heavy atom. The molecule has 0 N–H and O–H groups in total. The third kappa shape index (κ3) is 2.31. The first-order valence-electron chi connectivity index (χ1n) is 4.14. The van der Waals surface area contributed by atoms with Crippen molar-refractivity contribution in [3.8, 4) is 5.75 Å². The second-order valence-electron chi connectivity index (χ2n) is 2.95. The molecule has 0 amide bonds. The number of allylic oxidation sites excluding steroid dienone is 1. The van der Waals surface area contributed by atoms with Gasteiger partial charge in [0.05, 0.1) is 7.11 Å². The van der Waals surface area contributed by atoms with Crippen molar-refractivity contribution < 1.29 is 9.13 Å². The molecule has 1 unspecified atom stereocenters. The summed E-state index contributed by atoms with van der Waals surface area (Å²) in [5.41, 5.74) is 0.881. The number of benzene rings is 1. The van der Waals surface area contributed by atoms with E-state index < -0.39 is 0 Å². The van der Waals surface area contributed by atoms with Crippen molar-refractivity contribution in [1.82, 2.24) is 0 Å². The summed E-state index contributed by atoms with van der Waals surface area (Å²) >= 11 is 0. The lowest BCUT2D eigenvalue weighted by Crippen LogP contribution is -1.92. The van der Waals surface area contributed by atoms with Gasteiger partial charge in [0.1, 0.15) is 11.6 Å². The third-order valence-corrected chi connectivity index (χ3v) is 2.01. The van der Waals surface area contributed by atoms with E-state index in [1.807, 2.05) is 13.0 Å². The molecule has 0 aliphatic heterocycles. The zero-order valence-electron chi connectivity index (χ0n) is 7.88. The SMILES string of the molecule is C=CC(C)c1cc(F)cc(OC)c1. The second-order valence-corrected chi connectivity index (χ2v) is 2.95. The molecule has 0 aliphatic rings. The summed E-state index contributed by atoms with van der Waals surface area (Å²) in [7, 11) is 1.52. The summed E-state index contributed by atoms with van der Waals surface area (Å²) < 4.78 is 18.0. The van der Waals surface area contributed by atoms with E-state index in [9.17, 15) is 4.39 Å². The van der Waals surface area contributed by atoms with Crippen LogP contribution in [0.2, 0.25) is 0 Å². The fraction of sp³-hybridized carbons (Fsp3) is 0.273. The summed E-state index contributed by atoms with van der Waals surface area (Å²) in [6.07, 6.45) is 1.77. The maximum atomic E-state index is 13.0. The van der Waals surface area contributed by atoms with Crippen LogP contribution in [0.5, 0.6) is 5.75 Å². The van der Waals surface area contributed by atoms with Gasteiger partial charge in [0, 0.05) is 6.07 Å². The molecule has 1 aromatic carbocycles. The number of halogens is 1. The van der Waals surface area contributed by atoms with Gasteiger partial charge in [0.25, 0.3) is 0 Å². The molecule has 0 saturated carbocycles. The highest BCUT2D eigenvalue weighted by atomic mass is 19.1. The van der Waals surface area contributed by atoms with E-state index >= 15 is 0 Å². The van der Waals surface area contributed by atoms with Crippen molar-refractivity contribution in [3.63, 3.8) is 0 Å². The molecular weight excluding hydrogens is 167 g/mol. The Bertz CT molecular complexity index is 307. The second kappa shape index (κ2) is 4.08. The molecule has 0 aliphatic carbocycles. The molecule has 1 nitrogen and oxygen atoms in total. The normalized spacial score (nSPS) is 12.2. The standard InChI is InChI=1S/C11H13FO/c1-4-8(2)9-5-10(12)7-11(6-9)13-3/h4-8H,1H2,2-3H3. The first kappa shape index (κ1) is 9.78. The summed E-state index contributed by atoms with van der Waals surface area (Å²) in [5, 5.41) is 0. The summed E-state index contributed by atoms with van der Waals surface area (Å²) in [5.74, 6) is 0.413. The summed E-state index contributed by atoms with van der Waals surface area (Å²) in [6.45, 7) is 5.62. The van der Waals surface area contributed by atoms with Crippen molar-refractivity contribution in [1.29, 1.82) is 0 Å². The number of hydrogen-bond acceptors (Lipinski definition) is 1. The molecule has 1 atom stereocenters. The van der Waals surface area contributed by atoms with Gasteiger partial charge in [0.2, 0.25) is 0 Å². The predicted octanol–water partition coefficient (Wildman–Crippen LogP) is 3.12. The Hall–Kier alpha value is -1.31. The molecule has 2 heteroatoms. The van der Waals surface area contributed by atoms with Gasteiger partial charge >= 0.3 is 0 Å². The Labute approximate surface area is 77.8 Å². The summed E-state index contributed by atoms with van der Waals surface area (Å²) in [4.78, 5) is 0. The Morgan fingerprint density at radius 3 is 2.69 bits per heavy atom. The lowest BCUT2D eigenvalue weighted by Gasteiger charge is -2.08. The smallest absolute Gasteiger partial charge is 0.127 e. The minimum Gasteiger partial charge on any atom is -0.497 e. The molecule has 0 saturated heterocycles. The quantitative estimate of drug-likeness (QED) is 0.649. The van der Waals surface area contributed by atoms with Gasteiger partial charge in [-0.05, 0) is 23.6 Å². The van der Waals surface area contributed by atoms with E-state index in [2.05, 4.69) is 6.58 Å². The van der Waals surface area contributed by atoms with Gasteiger partial charge < -0.3 is 4.74 Å². The predicted molar refractivity (Wildman–Crippen MR) is 51.6 cm³/mol. The van der Waals surface area contributed by atoms with Crippen molar-refractivity contribution in [2.24, 2.45) is 0 Å². The van der Waals surface area contributed by atoms with Crippen LogP contribution >= 0.6 is 0 Å². The minimum atomic E-state index is -0.275. The van der Waals surface area contributed by atoms with Crippen LogP contribution in [0.1, 0.15) is 18.4 Å². The Morgan fingerprint density at radius 2 is 2.15 bits per heavy atom. The van der Waals surface area contributed by atoms with Gasteiger partial charge in [-0.15, -0.1) is 6.58 Å². The first-order valence-corrected chi connectivity index (χ1v) is 4.14. The maximum Gasteiger partial charge on any atom is 0.127 e. The molecular formula is C11H13FO. The van der Waals surface area contributed by atoms with Gasteiger partial charge in [-0.25, -0.2) is 4.39 Å². The summed E-state index contributed by atoms with van der Waals surface area (Å²) in [6, 6.07) is 4.67. The van der Waals surface area contributed by atoms with Crippen LogP contribution in [-0.4, -0.2) is 7.11 Å². The van der Waals surface area contributed by atoms with Gasteiger partial charge in [-0.3, -0.25) is 0 Å². The first-order chi connectivity index (χ1) is 6.17. The number of methoxy groups -OCH3 is 1.